The summed E-state index contributed by atoms with van der Waals surface area (Å²) in [5.41, 5.74) is 1.20. The molecular formula is C21H26N4O6. The molecule has 2 rings (SSSR count). The van der Waals surface area contributed by atoms with Gasteiger partial charge in [0, 0.05) is 17.8 Å². The zero-order valence-corrected chi connectivity index (χ0v) is 17.5. The standard InChI is InChI=1S/C21H26N4O6/c1-12(2)19(24-16(27)10-25-17(28)8-9-18(25)29)21(31)22-13(3)20(30)23-15-6-4-14(11-26)5-7-15/h4-9,12-13,19,26H,10-11H2,1-3H3,(H,22,31)(H,23,30)(H,24,27)/t13-,19-/m0/s1. The zero-order chi connectivity index (χ0) is 23.1. The maximum Gasteiger partial charge on any atom is 0.254 e. The van der Waals surface area contributed by atoms with E-state index in [0.717, 1.165) is 17.1 Å². The number of carbonyl (C=O) groups excluding carboxylic acids is 5. The first-order chi connectivity index (χ1) is 14.6. The van der Waals surface area contributed by atoms with Crippen molar-refractivity contribution in [3.63, 3.8) is 0 Å². The van der Waals surface area contributed by atoms with E-state index >= 15 is 0 Å². The van der Waals surface area contributed by atoms with E-state index in [1.54, 1.807) is 38.1 Å². The van der Waals surface area contributed by atoms with Crippen molar-refractivity contribution >= 4 is 35.2 Å². The molecule has 31 heavy (non-hydrogen) atoms. The number of hydrogen-bond donors (Lipinski definition) is 4. The maximum atomic E-state index is 12.6. The third-order valence-electron chi connectivity index (χ3n) is 4.62. The van der Waals surface area contributed by atoms with Gasteiger partial charge in [0.2, 0.25) is 17.7 Å². The Kier molecular flexibility index (Phi) is 8.03. The van der Waals surface area contributed by atoms with Gasteiger partial charge >= 0.3 is 0 Å². The van der Waals surface area contributed by atoms with Crippen molar-refractivity contribution in [2.75, 3.05) is 11.9 Å². The lowest BCUT2D eigenvalue weighted by molar-refractivity contribution is -0.141. The smallest absolute Gasteiger partial charge is 0.254 e. The molecule has 2 atom stereocenters. The summed E-state index contributed by atoms with van der Waals surface area (Å²) in [7, 11) is 0. The highest BCUT2D eigenvalue weighted by atomic mass is 16.3. The Bertz CT molecular complexity index is 876. The number of nitrogens with zero attached hydrogens (tertiary/aromatic N) is 1. The molecule has 1 aromatic carbocycles. The number of nitrogens with one attached hydrogen (secondary N) is 3. The van der Waals surface area contributed by atoms with Crippen LogP contribution < -0.4 is 16.0 Å². The highest BCUT2D eigenvalue weighted by molar-refractivity contribution is 6.14. The number of imide groups is 1. The van der Waals surface area contributed by atoms with Gasteiger partial charge in [-0.2, -0.15) is 0 Å². The third kappa shape index (κ3) is 6.48. The van der Waals surface area contributed by atoms with Crippen molar-refractivity contribution in [1.82, 2.24) is 15.5 Å². The van der Waals surface area contributed by atoms with E-state index in [1.165, 1.54) is 6.92 Å². The van der Waals surface area contributed by atoms with Crippen LogP contribution in [0.25, 0.3) is 0 Å². The van der Waals surface area contributed by atoms with Gasteiger partial charge in [-0.05, 0) is 30.5 Å². The second-order valence-electron chi connectivity index (χ2n) is 7.46. The molecule has 0 saturated heterocycles. The largest absolute Gasteiger partial charge is 0.392 e. The first kappa shape index (κ1) is 23.7. The minimum absolute atomic E-state index is 0.112. The summed E-state index contributed by atoms with van der Waals surface area (Å²) in [6, 6.07) is 4.72. The Morgan fingerprint density at radius 3 is 2.03 bits per heavy atom. The van der Waals surface area contributed by atoms with Gasteiger partial charge < -0.3 is 21.1 Å². The normalized spacial score (nSPS) is 15.1. The quantitative estimate of drug-likeness (QED) is 0.396. The first-order valence-corrected chi connectivity index (χ1v) is 9.76. The molecule has 0 radical (unpaired) electrons. The van der Waals surface area contributed by atoms with Crippen LogP contribution in [0.3, 0.4) is 0 Å². The minimum Gasteiger partial charge on any atom is -0.392 e. The van der Waals surface area contributed by atoms with Crippen LogP contribution >= 0.6 is 0 Å². The summed E-state index contributed by atoms with van der Waals surface area (Å²) in [5.74, 6) is -3.20. The van der Waals surface area contributed by atoms with E-state index in [2.05, 4.69) is 16.0 Å². The van der Waals surface area contributed by atoms with E-state index < -0.39 is 48.2 Å². The summed E-state index contributed by atoms with van der Waals surface area (Å²) >= 11 is 0. The van der Waals surface area contributed by atoms with Crippen LogP contribution in [0, 0.1) is 5.92 Å². The van der Waals surface area contributed by atoms with Crippen molar-refractivity contribution < 1.29 is 29.1 Å². The van der Waals surface area contributed by atoms with Crippen LogP contribution in [0.5, 0.6) is 0 Å². The van der Waals surface area contributed by atoms with Gasteiger partial charge in [0.25, 0.3) is 11.8 Å². The molecule has 0 fully saturated rings. The summed E-state index contributed by atoms with van der Waals surface area (Å²) in [4.78, 5) is 61.2. The average molecular weight is 430 g/mol. The molecule has 0 unspecified atom stereocenters. The van der Waals surface area contributed by atoms with Gasteiger partial charge in [0.15, 0.2) is 0 Å². The Hall–Kier alpha value is -3.53. The highest BCUT2D eigenvalue weighted by Crippen LogP contribution is 2.10. The molecule has 0 saturated carbocycles. The van der Waals surface area contributed by atoms with Gasteiger partial charge in [-0.3, -0.25) is 28.9 Å². The number of benzene rings is 1. The zero-order valence-electron chi connectivity index (χ0n) is 17.5. The van der Waals surface area contributed by atoms with Crippen molar-refractivity contribution in [2.45, 2.75) is 39.5 Å². The van der Waals surface area contributed by atoms with Gasteiger partial charge in [-0.1, -0.05) is 26.0 Å². The lowest BCUT2D eigenvalue weighted by Gasteiger charge is -2.24. The Balaban J connectivity index is 1.92. The fourth-order valence-corrected chi connectivity index (χ4v) is 2.80. The molecule has 166 valence electrons. The monoisotopic (exact) mass is 430 g/mol. The van der Waals surface area contributed by atoms with Gasteiger partial charge in [0.1, 0.15) is 18.6 Å². The molecule has 1 aliphatic rings. The van der Waals surface area contributed by atoms with Crippen molar-refractivity contribution in [3.05, 3.63) is 42.0 Å². The fourth-order valence-electron chi connectivity index (χ4n) is 2.80. The van der Waals surface area contributed by atoms with E-state index in [-0.39, 0.29) is 12.5 Å². The lowest BCUT2D eigenvalue weighted by atomic mass is 10.0. The topological polar surface area (TPSA) is 145 Å². The van der Waals surface area contributed by atoms with Crippen LogP contribution in [0.15, 0.2) is 36.4 Å². The molecule has 0 spiro atoms. The number of amides is 5. The molecular weight excluding hydrogens is 404 g/mol. The predicted molar refractivity (Wildman–Crippen MR) is 111 cm³/mol. The second kappa shape index (κ2) is 10.5. The Morgan fingerprint density at radius 1 is 0.935 bits per heavy atom. The third-order valence-corrected chi connectivity index (χ3v) is 4.62. The van der Waals surface area contributed by atoms with E-state index in [9.17, 15) is 24.0 Å². The number of aliphatic hydroxyl groups excluding tert-OH is 1. The molecule has 5 amide bonds. The SMILES string of the molecule is CC(C)[C@H](NC(=O)CN1C(=O)C=CC1=O)C(=O)N[C@@H](C)C(=O)Nc1ccc(CO)cc1. The number of carbonyl (C=O) groups is 5. The molecule has 10 nitrogen and oxygen atoms in total. The lowest BCUT2D eigenvalue weighted by Crippen LogP contribution is -2.55. The first-order valence-electron chi connectivity index (χ1n) is 9.76. The highest BCUT2D eigenvalue weighted by Gasteiger charge is 2.30. The van der Waals surface area contributed by atoms with E-state index in [1.807, 2.05) is 0 Å². The number of aliphatic hydroxyl groups is 1. The van der Waals surface area contributed by atoms with Crippen LogP contribution in [-0.4, -0.2) is 58.2 Å². The predicted octanol–water partition coefficient (Wildman–Crippen LogP) is -0.312. The number of anilines is 1. The van der Waals surface area contributed by atoms with Crippen LogP contribution in [-0.2, 0) is 30.6 Å². The summed E-state index contributed by atoms with van der Waals surface area (Å²) < 4.78 is 0. The van der Waals surface area contributed by atoms with Crippen LogP contribution in [0.4, 0.5) is 5.69 Å². The Labute approximate surface area is 179 Å². The summed E-state index contributed by atoms with van der Waals surface area (Å²) in [6.45, 7) is 4.32. The van der Waals surface area contributed by atoms with E-state index in [0.29, 0.717) is 11.3 Å². The summed E-state index contributed by atoms with van der Waals surface area (Å²) in [5, 5.41) is 16.8. The maximum absolute atomic E-state index is 12.6. The second-order valence-corrected chi connectivity index (χ2v) is 7.46. The number of rotatable bonds is 9. The Morgan fingerprint density at radius 2 is 1.52 bits per heavy atom. The molecule has 4 N–H and O–H groups in total. The number of hydrogen-bond acceptors (Lipinski definition) is 6. The average Bonchev–Trinajstić information content (AvgIpc) is 3.04. The van der Waals surface area contributed by atoms with Gasteiger partial charge in [-0.25, -0.2) is 0 Å². The van der Waals surface area contributed by atoms with Crippen LogP contribution in [0.2, 0.25) is 0 Å². The molecule has 0 aliphatic carbocycles. The van der Waals surface area contributed by atoms with Crippen LogP contribution in [0.1, 0.15) is 26.3 Å². The van der Waals surface area contributed by atoms with E-state index in [4.69, 9.17) is 5.11 Å². The fraction of sp³-hybridized carbons (Fsp3) is 0.381. The molecule has 0 aromatic heterocycles. The van der Waals surface area contributed by atoms with Crippen molar-refractivity contribution in [1.29, 1.82) is 0 Å². The van der Waals surface area contributed by atoms with Gasteiger partial charge in [-0.15, -0.1) is 0 Å². The molecule has 1 heterocycles. The minimum atomic E-state index is -0.965. The molecule has 1 aromatic rings. The van der Waals surface area contributed by atoms with Gasteiger partial charge in [0.05, 0.1) is 6.61 Å². The molecule has 0 bridgehead atoms. The van der Waals surface area contributed by atoms with Crippen molar-refractivity contribution in [2.24, 2.45) is 5.92 Å². The molecule has 1 aliphatic heterocycles. The summed E-state index contributed by atoms with van der Waals surface area (Å²) in [6.07, 6.45) is 2.14. The molecule has 10 heteroatoms. The van der Waals surface area contributed by atoms with Crippen molar-refractivity contribution in [3.8, 4) is 0 Å².